The van der Waals surface area contributed by atoms with Crippen molar-refractivity contribution in [2.75, 3.05) is 12.3 Å². The normalized spacial score (nSPS) is 11.6. The fourth-order valence-electron chi connectivity index (χ4n) is 1.33. The lowest BCUT2D eigenvalue weighted by Gasteiger charge is -2.04. The van der Waals surface area contributed by atoms with Crippen molar-refractivity contribution >= 4 is 21.8 Å². The van der Waals surface area contributed by atoms with Gasteiger partial charge in [0.25, 0.3) is 10.0 Å². The van der Waals surface area contributed by atoms with Crippen molar-refractivity contribution in [3.8, 4) is 0 Å². The summed E-state index contributed by atoms with van der Waals surface area (Å²) in [7, 11) is -3.45. The molecule has 2 rings (SSSR count). The average Bonchev–Trinajstić information content (AvgIpc) is 2.91. The molecule has 0 saturated heterocycles. The van der Waals surface area contributed by atoms with Crippen molar-refractivity contribution in [2.24, 2.45) is 0 Å². The smallest absolute Gasteiger partial charge is 0.257 e. The molecule has 0 saturated carbocycles. The molecule has 0 unspecified atom stereocenters. The number of hydrogen-bond acceptors (Lipinski definition) is 4. The number of aromatic amines is 1. The van der Waals surface area contributed by atoms with Crippen molar-refractivity contribution in [3.63, 3.8) is 0 Å². The van der Waals surface area contributed by atoms with Gasteiger partial charge >= 0.3 is 0 Å². The molecule has 1 aromatic heterocycles. The minimum Gasteiger partial charge on any atom is -0.266 e. The molecule has 0 aliphatic heterocycles. The van der Waals surface area contributed by atoms with Gasteiger partial charge in [-0.3, -0.25) is 5.10 Å². The Kier molecular flexibility index (Phi) is 4.40. The zero-order valence-electron chi connectivity index (χ0n) is 9.54. The Hall–Kier alpha value is -1.31. The molecule has 0 fully saturated rings. The molecular formula is C11H13N3O2S2. The molecule has 0 atom stereocenters. The maximum absolute atomic E-state index is 11.7. The summed E-state index contributed by atoms with van der Waals surface area (Å²) in [5.41, 5.74) is 0. The number of sulfonamides is 1. The van der Waals surface area contributed by atoms with Crippen LogP contribution >= 0.6 is 11.8 Å². The molecule has 5 nitrogen and oxygen atoms in total. The number of benzene rings is 1. The van der Waals surface area contributed by atoms with Crippen LogP contribution in [0.1, 0.15) is 0 Å². The first-order valence-electron chi connectivity index (χ1n) is 5.35. The second kappa shape index (κ2) is 6.03. The number of H-pyrrole nitrogens is 1. The van der Waals surface area contributed by atoms with E-state index in [0.29, 0.717) is 12.3 Å². The predicted molar refractivity (Wildman–Crippen MR) is 70.9 cm³/mol. The van der Waals surface area contributed by atoms with E-state index in [0.717, 1.165) is 4.90 Å². The van der Waals surface area contributed by atoms with E-state index in [2.05, 4.69) is 14.9 Å². The monoisotopic (exact) mass is 283 g/mol. The number of aromatic nitrogens is 2. The van der Waals surface area contributed by atoms with Gasteiger partial charge in [-0.2, -0.15) is 5.10 Å². The molecule has 18 heavy (non-hydrogen) atoms. The van der Waals surface area contributed by atoms with Gasteiger partial charge in [-0.15, -0.1) is 11.8 Å². The van der Waals surface area contributed by atoms with Gasteiger partial charge in [0.2, 0.25) is 0 Å². The number of hydrogen-bond donors (Lipinski definition) is 2. The highest BCUT2D eigenvalue weighted by atomic mass is 32.2. The molecule has 0 amide bonds. The molecule has 0 bridgehead atoms. The summed E-state index contributed by atoms with van der Waals surface area (Å²) in [6, 6.07) is 11.3. The number of nitrogens with zero attached hydrogens (tertiary/aromatic N) is 1. The Morgan fingerprint density at radius 3 is 2.67 bits per heavy atom. The van der Waals surface area contributed by atoms with E-state index < -0.39 is 10.0 Å². The van der Waals surface area contributed by atoms with Crippen molar-refractivity contribution in [2.45, 2.75) is 9.92 Å². The third kappa shape index (κ3) is 3.59. The van der Waals surface area contributed by atoms with Crippen LogP contribution in [0.2, 0.25) is 0 Å². The van der Waals surface area contributed by atoms with Crippen molar-refractivity contribution < 1.29 is 8.42 Å². The summed E-state index contributed by atoms with van der Waals surface area (Å²) >= 11 is 1.61. The van der Waals surface area contributed by atoms with Crippen LogP contribution < -0.4 is 4.72 Å². The Balaban J connectivity index is 1.79. The van der Waals surface area contributed by atoms with Crippen LogP contribution in [-0.2, 0) is 10.0 Å². The van der Waals surface area contributed by atoms with E-state index in [4.69, 9.17) is 0 Å². The molecule has 0 aliphatic carbocycles. The van der Waals surface area contributed by atoms with E-state index in [-0.39, 0.29) is 5.03 Å². The summed E-state index contributed by atoms with van der Waals surface area (Å²) < 4.78 is 25.9. The highest BCUT2D eigenvalue weighted by molar-refractivity contribution is 7.99. The van der Waals surface area contributed by atoms with Gasteiger partial charge in [0.15, 0.2) is 5.03 Å². The highest BCUT2D eigenvalue weighted by Gasteiger charge is 2.13. The third-order valence-corrected chi connectivity index (χ3v) is 4.58. The largest absolute Gasteiger partial charge is 0.266 e. The van der Waals surface area contributed by atoms with Gasteiger partial charge in [-0.1, -0.05) is 18.2 Å². The SMILES string of the molecule is O=S(=O)(NCCSc1ccccc1)c1ccn[nH]1. The molecule has 2 aromatic rings. The molecule has 0 aliphatic rings. The summed E-state index contributed by atoms with van der Waals surface area (Å²) in [6.07, 6.45) is 1.41. The zero-order chi connectivity index (χ0) is 12.8. The Bertz CT molecular complexity index is 568. The molecular weight excluding hydrogens is 270 g/mol. The fourth-order valence-corrected chi connectivity index (χ4v) is 3.19. The van der Waals surface area contributed by atoms with E-state index in [1.54, 1.807) is 11.8 Å². The van der Waals surface area contributed by atoms with E-state index in [1.165, 1.54) is 12.3 Å². The quantitative estimate of drug-likeness (QED) is 0.622. The maximum Gasteiger partial charge on any atom is 0.257 e. The lowest BCUT2D eigenvalue weighted by molar-refractivity contribution is 0.580. The molecule has 2 N–H and O–H groups in total. The topological polar surface area (TPSA) is 74.8 Å². The second-order valence-electron chi connectivity index (χ2n) is 3.48. The fraction of sp³-hybridized carbons (Fsp3) is 0.182. The van der Waals surface area contributed by atoms with Crippen LogP contribution in [0.4, 0.5) is 0 Å². The van der Waals surface area contributed by atoms with Gasteiger partial charge < -0.3 is 0 Å². The lowest BCUT2D eigenvalue weighted by Crippen LogP contribution is -2.26. The standard InChI is InChI=1S/C11H13N3O2S2/c15-18(16,11-6-7-12-14-11)13-8-9-17-10-4-2-1-3-5-10/h1-7,13H,8-9H2,(H,12,14). The molecule has 0 radical (unpaired) electrons. The second-order valence-corrected chi connectivity index (χ2v) is 6.38. The van der Waals surface area contributed by atoms with Crippen molar-refractivity contribution in [3.05, 3.63) is 42.6 Å². The number of thioether (sulfide) groups is 1. The van der Waals surface area contributed by atoms with Crippen LogP contribution in [0.25, 0.3) is 0 Å². The van der Waals surface area contributed by atoms with Gasteiger partial charge in [-0.25, -0.2) is 13.1 Å². The van der Waals surface area contributed by atoms with E-state index in [1.807, 2.05) is 30.3 Å². The number of rotatable bonds is 6. The third-order valence-electron chi connectivity index (χ3n) is 2.17. The highest BCUT2D eigenvalue weighted by Crippen LogP contribution is 2.16. The number of nitrogens with one attached hydrogen (secondary N) is 2. The zero-order valence-corrected chi connectivity index (χ0v) is 11.2. The van der Waals surface area contributed by atoms with Gasteiger partial charge in [0.1, 0.15) is 0 Å². The molecule has 1 heterocycles. The predicted octanol–water partition coefficient (Wildman–Crippen LogP) is 1.48. The Morgan fingerprint density at radius 1 is 1.22 bits per heavy atom. The molecule has 96 valence electrons. The minimum absolute atomic E-state index is 0.0900. The van der Waals surface area contributed by atoms with Crippen LogP contribution in [0.15, 0.2) is 52.5 Å². The van der Waals surface area contributed by atoms with Gasteiger partial charge in [0.05, 0.1) is 6.20 Å². The van der Waals surface area contributed by atoms with Crippen LogP contribution in [0.3, 0.4) is 0 Å². The Labute approximate surface area is 110 Å². The first-order valence-corrected chi connectivity index (χ1v) is 7.82. The van der Waals surface area contributed by atoms with Crippen molar-refractivity contribution in [1.29, 1.82) is 0 Å². The lowest BCUT2D eigenvalue weighted by atomic mass is 10.4. The summed E-state index contributed by atoms with van der Waals surface area (Å²) in [6.45, 7) is 0.376. The van der Waals surface area contributed by atoms with Gasteiger partial charge in [0, 0.05) is 17.2 Å². The molecule has 7 heteroatoms. The van der Waals surface area contributed by atoms with Crippen LogP contribution in [0.5, 0.6) is 0 Å². The van der Waals surface area contributed by atoms with Crippen molar-refractivity contribution in [1.82, 2.24) is 14.9 Å². The van der Waals surface area contributed by atoms with Crippen LogP contribution in [0, 0.1) is 0 Å². The minimum atomic E-state index is -3.45. The molecule has 0 spiro atoms. The van der Waals surface area contributed by atoms with E-state index >= 15 is 0 Å². The average molecular weight is 283 g/mol. The summed E-state index contributed by atoms with van der Waals surface area (Å²) in [4.78, 5) is 1.12. The van der Waals surface area contributed by atoms with Crippen LogP contribution in [-0.4, -0.2) is 30.9 Å². The van der Waals surface area contributed by atoms with Gasteiger partial charge in [-0.05, 0) is 18.2 Å². The van der Waals surface area contributed by atoms with E-state index in [9.17, 15) is 8.42 Å². The summed E-state index contributed by atoms with van der Waals surface area (Å²) in [5, 5.41) is 6.13. The summed E-state index contributed by atoms with van der Waals surface area (Å²) in [5.74, 6) is 0.678. The first kappa shape index (κ1) is 13.1. The maximum atomic E-state index is 11.7. The first-order chi connectivity index (χ1) is 8.68. The Morgan fingerprint density at radius 2 is 2.00 bits per heavy atom. The molecule has 1 aromatic carbocycles.